The molecule has 1 aliphatic heterocycles. The Hall–Kier alpha value is -0.0800. The number of nitrogens with two attached hydrogens (primary N) is 1. The topological polar surface area (TPSA) is 26.0 Å². The second-order valence-electron chi connectivity index (χ2n) is 8.32. The Morgan fingerprint density at radius 1 is 0.950 bits per heavy atom. The first kappa shape index (κ1) is 14.8. The Morgan fingerprint density at radius 2 is 1.65 bits per heavy atom. The Bertz CT molecular complexity index is 305. The molecule has 0 aromatic heterocycles. The number of nitrogens with zero attached hydrogens (tertiary/aromatic N) is 1. The summed E-state index contributed by atoms with van der Waals surface area (Å²) in [5.74, 6) is 3.00. The van der Waals surface area contributed by atoms with Gasteiger partial charge in [0, 0.05) is 17.8 Å². The normalized spacial score (nSPS) is 38.7. The first-order valence-corrected chi connectivity index (χ1v) is 9.30. The van der Waals surface area contributed by atoms with Crippen LogP contribution in [0.3, 0.4) is 0 Å². The van der Waals surface area contributed by atoms with E-state index < -0.39 is 0 Å². The number of unbranched alkanes of at least 4 members (excludes halogenated alkanes) is 1. The van der Waals surface area contributed by atoms with Gasteiger partial charge >= 0.3 is 0 Å². The molecule has 2 aliphatic carbocycles. The Balaban J connectivity index is 1.64. The van der Waals surface area contributed by atoms with E-state index in [0.29, 0.717) is 6.04 Å². The Labute approximate surface area is 125 Å². The fourth-order valence-electron chi connectivity index (χ4n) is 4.84. The van der Waals surface area contributed by atoms with Crippen molar-refractivity contribution in [3.63, 3.8) is 0 Å². The molecule has 0 aromatic rings. The summed E-state index contributed by atoms with van der Waals surface area (Å²) in [6, 6.07) is 0.476. The standard InChI is InChI=1S/C18H35N2/c1-2-3-5-17-10-18(19)14-20(13-17,12-16-8-9-16)11-15-6-4-7-15/h15-18H,2-14,19H2,1H3/q+1. The number of hydrogen-bond donors (Lipinski definition) is 1. The highest BCUT2D eigenvalue weighted by atomic mass is 15.4. The molecule has 0 spiro atoms. The third kappa shape index (κ3) is 3.76. The summed E-state index contributed by atoms with van der Waals surface area (Å²) in [6.07, 6.45) is 13.0. The maximum absolute atomic E-state index is 6.49. The highest BCUT2D eigenvalue weighted by Crippen LogP contribution is 2.39. The molecule has 2 nitrogen and oxygen atoms in total. The van der Waals surface area contributed by atoms with Crippen molar-refractivity contribution < 1.29 is 4.48 Å². The second kappa shape index (κ2) is 6.36. The van der Waals surface area contributed by atoms with E-state index in [1.54, 1.807) is 0 Å². The quantitative estimate of drug-likeness (QED) is 0.709. The van der Waals surface area contributed by atoms with Gasteiger partial charge in [-0.3, -0.25) is 0 Å². The van der Waals surface area contributed by atoms with Crippen molar-refractivity contribution in [1.82, 2.24) is 0 Å². The molecule has 2 heteroatoms. The van der Waals surface area contributed by atoms with Gasteiger partial charge < -0.3 is 10.2 Å². The van der Waals surface area contributed by atoms with Crippen LogP contribution in [-0.2, 0) is 0 Å². The van der Waals surface area contributed by atoms with Gasteiger partial charge in [0.1, 0.15) is 0 Å². The molecular weight excluding hydrogens is 244 g/mol. The monoisotopic (exact) mass is 279 g/mol. The molecule has 1 heterocycles. The number of piperidine rings is 1. The molecule has 1 saturated heterocycles. The molecule has 3 atom stereocenters. The van der Waals surface area contributed by atoms with Crippen LogP contribution < -0.4 is 5.73 Å². The minimum absolute atomic E-state index is 0.476. The first-order chi connectivity index (χ1) is 9.69. The number of likely N-dealkylation sites (tertiary alicyclic amines) is 1. The van der Waals surface area contributed by atoms with Crippen LogP contribution >= 0.6 is 0 Å². The van der Waals surface area contributed by atoms with Gasteiger partial charge in [0.25, 0.3) is 0 Å². The smallest absolute Gasteiger partial charge is 0.0940 e. The third-order valence-electron chi connectivity index (χ3n) is 6.08. The summed E-state index contributed by atoms with van der Waals surface area (Å²) < 4.78 is 1.41. The summed E-state index contributed by atoms with van der Waals surface area (Å²) in [4.78, 5) is 0. The van der Waals surface area contributed by atoms with Crippen molar-refractivity contribution in [3.8, 4) is 0 Å². The molecule has 0 amide bonds. The zero-order valence-electron chi connectivity index (χ0n) is 13.5. The lowest BCUT2D eigenvalue weighted by molar-refractivity contribution is -0.941. The number of quaternary nitrogens is 1. The van der Waals surface area contributed by atoms with Crippen LogP contribution in [0.2, 0.25) is 0 Å². The van der Waals surface area contributed by atoms with E-state index in [1.807, 2.05) is 0 Å². The summed E-state index contributed by atoms with van der Waals surface area (Å²) >= 11 is 0. The lowest BCUT2D eigenvalue weighted by Crippen LogP contribution is -2.63. The molecule has 3 fully saturated rings. The number of rotatable bonds is 7. The van der Waals surface area contributed by atoms with Crippen molar-refractivity contribution in [2.75, 3.05) is 26.2 Å². The molecule has 0 radical (unpaired) electrons. The van der Waals surface area contributed by atoms with E-state index in [-0.39, 0.29) is 0 Å². The predicted octanol–water partition coefficient (Wildman–Crippen LogP) is 3.55. The maximum atomic E-state index is 6.49. The van der Waals surface area contributed by atoms with Gasteiger partial charge in [-0.2, -0.15) is 0 Å². The van der Waals surface area contributed by atoms with Crippen LogP contribution in [0, 0.1) is 17.8 Å². The first-order valence-electron chi connectivity index (χ1n) is 9.30. The van der Waals surface area contributed by atoms with Crippen LogP contribution in [-0.4, -0.2) is 36.7 Å². The summed E-state index contributed by atoms with van der Waals surface area (Å²) in [5.41, 5.74) is 6.49. The van der Waals surface area contributed by atoms with Gasteiger partial charge in [-0.15, -0.1) is 0 Å². The average molecular weight is 279 g/mol. The van der Waals surface area contributed by atoms with Crippen molar-refractivity contribution in [3.05, 3.63) is 0 Å². The highest BCUT2D eigenvalue weighted by molar-refractivity contribution is 4.81. The van der Waals surface area contributed by atoms with Crippen LogP contribution in [0.25, 0.3) is 0 Å². The predicted molar refractivity (Wildman–Crippen MR) is 85.4 cm³/mol. The molecule has 2 N–H and O–H groups in total. The van der Waals surface area contributed by atoms with Crippen molar-refractivity contribution in [2.24, 2.45) is 23.5 Å². The summed E-state index contributed by atoms with van der Waals surface area (Å²) in [6.45, 7) is 8.00. The fraction of sp³-hybridized carbons (Fsp3) is 1.00. The van der Waals surface area contributed by atoms with Crippen molar-refractivity contribution in [2.45, 2.75) is 70.8 Å². The van der Waals surface area contributed by atoms with E-state index in [1.165, 1.54) is 88.4 Å². The Morgan fingerprint density at radius 3 is 2.20 bits per heavy atom. The average Bonchev–Trinajstić information content (AvgIpc) is 3.15. The fourth-order valence-corrected chi connectivity index (χ4v) is 4.84. The SMILES string of the molecule is CCCCC1CC(N)C[N+](CC2CCC2)(CC2CC2)C1. The Kier molecular flexibility index (Phi) is 4.72. The van der Waals surface area contributed by atoms with Gasteiger partial charge in [0.15, 0.2) is 0 Å². The molecule has 3 unspecified atom stereocenters. The van der Waals surface area contributed by atoms with Crippen molar-refractivity contribution >= 4 is 0 Å². The minimum atomic E-state index is 0.476. The molecule has 0 bridgehead atoms. The van der Waals surface area contributed by atoms with E-state index in [2.05, 4.69) is 6.92 Å². The zero-order valence-corrected chi connectivity index (χ0v) is 13.5. The molecule has 20 heavy (non-hydrogen) atoms. The van der Waals surface area contributed by atoms with Crippen LogP contribution in [0.4, 0.5) is 0 Å². The van der Waals surface area contributed by atoms with E-state index >= 15 is 0 Å². The lowest BCUT2D eigenvalue weighted by atomic mass is 9.81. The molecule has 0 aromatic carbocycles. The summed E-state index contributed by atoms with van der Waals surface area (Å²) in [5, 5.41) is 0. The summed E-state index contributed by atoms with van der Waals surface area (Å²) in [7, 11) is 0. The van der Waals surface area contributed by atoms with E-state index in [9.17, 15) is 0 Å². The van der Waals surface area contributed by atoms with Crippen LogP contribution in [0.15, 0.2) is 0 Å². The van der Waals surface area contributed by atoms with Crippen molar-refractivity contribution in [1.29, 1.82) is 0 Å². The molecule has 3 aliphatic rings. The molecule has 2 saturated carbocycles. The van der Waals surface area contributed by atoms with Gasteiger partial charge in [-0.25, -0.2) is 0 Å². The highest BCUT2D eigenvalue weighted by Gasteiger charge is 2.44. The van der Waals surface area contributed by atoms with Crippen LogP contribution in [0.5, 0.6) is 0 Å². The zero-order chi connectivity index (χ0) is 14.0. The van der Waals surface area contributed by atoms with E-state index in [4.69, 9.17) is 5.73 Å². The van der Waals surface area contributed by atoms with Gasteiger partial charge in [-0.1, -0.05) is 26.2 Å². The largest absolute Gasteiger partial charge is 0.323 e. The lowest BCUT2D eigenvalue weighted by Gasteiger charge is -2.49. The van der Waals surface area contributed by atoms with Gasteiger partial charge in [0.2, 0.25) is 0 Å². The van der Waals surface area contributed by atoms with Gasteiger partial charge in [-0.05, 0) is 38.5 Å². The van der Waals surface area contributed by atoms with E-state index in [0.717, 1.165) is 17.8 Å². The minimum Gasteiger partial charge on any atom is -0.323 e. The third-order valence-corrected chi connectivity index (χ3v) is 6.08. The molecule has 116 valence electrons. The van der Waals surface area contributed by atoms with Gasteiger partial charge in [0.05, 0.1) is 32.2 Å². The van der Waals surface area contributed by atoms with Crippen LogP contribution in [0.1, 0.15) is 64.7 Å². The number of hydrogen-bond acceptors (Lipinski definition) is 1. The maximum Gasteiger partial charge on any atom is 0.0940 e. The molecule has 3 rings (SSSR count). The second-order valence-corrected chi connectivity index (χ2v) is 8.32. The molecular formula is C18H35N2+.